The number of hydrogen-bond donors (Lipinski definition) is 0. The van der Waals surface area contributed by atoms with Crippen molar-refractivity contribution < 1.29 is 8.83 Å². The Labute approximate surface area is 692 Å². The number of furan rings is 2. The smallest absolute Gasteiger partial charge is 0.144 e. The molecule has 0 fully saturated rings. The van der Waals surface area contributed by atoms with Crippen molar-refractivity contribution in [1.29, 1.82) is 0 Å². The van der Waals surface area contributed by atoms with E-state index in [9.17, 15) is 0 Å². The van der Waals surface area contributed by atoms with Crippen molar-refractivity contribution in [3.8, 4) is 44.5 Å². The summed E-state index contributed by atoms with van der Waals surface area (Å²) in [6.07, 6.45) is 29.3. The number of hydrogen-bond acceptors (Lipinski definition) is 3. The van der Waals surface area contributed by atoms with Gasteiger partial charge in [-0.2, -0.15) is 0 Å². The van der Waals surface area contributed by atoms with Gasteiger partial charge in [-0.15, -0.1) is 0 Å². The molecule has 117 heavy (non-hydrogen) atoms. The van der Waals surface area contributed by atoms with Crippen LogP contribution in [0.2, 0.25) is 0 Å². The Morgan fingerprint density at radius 3 is 1.23 bits per heavy atom. The molecule has 0 bridgehead atoms. The minimum atomic E-state index is -0.788. The normalized spacial score (nSPS) is 14.6. The first kappa shape index (κ1) is 74.6. The van der Waals surface area contributed by atoms with Crippen molar-refractivity contribution in [2.24, 2.45) is 0 Å². The molecular weight excluding hydrogens is 1420 g/mol. The second-order valence-electron chi connectivity index (χ2n) is 34.9. The Kier molecular flexibility index (Phi) is 20.0. The number of para-hydroxylation sites is 2. The molecule has 14 aromatic carbocycles. The van der Waals surface area contributed by atoms with Crippen LogP contribution in [-0.2, 0) is 21.7 Å². The molecule has 2 heterocycles. The first-order valence-corrected chi connectivity index (χ1v) is 45.0. The van der Waals surface area contributed by atoms with E-state index in [-0.39, 0.29) is 10.8 Å². The lowest BCUT2D eigenvalue weighted by molar-refractivity contribution is 0.369. The van der Waals surface area contributed by atoms with Gasteiger partial charge in [-0.25, -0.2) is 0 Å². The van der Waals surface area contributed by atoms with Gasteiger partial charge >= 0.3 is 0 Å². The average molecular weight is 1530 g/mol. The molecule has 0 saturated carbocycles. The van der Waals surface area contributed by atoms with Gasteiger partial charge < -0.3 is 13.7 Å². The molecule has 3 heteroatoms. The van der Waals surface area contributed by atoms with Crippen LogP contribution in [-0.4, -0.2) is 0 Å². The SMILES string of the molecule is CCCCCCCC1(CCCCCCC)c2cc(N(c3ccc4c(c3)C(c3ccccc3)(c3ccccc3)c3cc5c(cc3-4)C(c3ccccc3)(c3ccccc3)c3ccc4oc6ccccc6c4c3-5)c3ccc4ccccc4c3)ccc2-c2c1c1c(c3c2oc2ccccc23)-c2ccccc2C1(CCCCCCC)CCCCCCC. The zero-order valence-electron chi connectivity index (χ0n) is 69.0. The summed E-state index contributed by atoms with van der Waals surface area (Å²) in [5, 5.41) is 7.30. The predicted octanol–water partition coefficient (Wildman–Crippen LogP) is 32.8. The van der Waals surface area contributed by atoms with Crippen LogP contribution >= 0.6 is 0 Å². The highest BCUT2D eigenvalue weighted by atomic mass is 16.3. The fourth-order valence-electron chi connectivity index (χ4n) is 23.2. The minimum Gasteiger partial charge on any atom is -0.456 e. The van der Waals surface area contributed by atoms with Crippen molar-refractivity contribution in [1.82, 2.24) is 0 Å². The summed E-state index contributed by atoms with van der Waals surface area (Å²) in [4.78, 5) is 2.67. The zero-order chi connectivity index (χ0) is 78.7. The molecule has 16 aromatic rings. The highest BCUT2D eigenvalue weighted by molar-refractivity contribution is 6.21. The van der Waals surface area contributed by atoms with E-state index in [1.54, 1.807) is 16.7 Å². The molecule has 0 spiro atoms. The molecule has 0 N–H and O–H groups in total. The van der Waals surface area contributed by atoms with Crippen molar-refractivity contribution in [3.63, 3.8) is 0 Å². The fourth-order valence-corrected chi connectivity index (χ4v) is 23.2. The summed E-state index contributed by atoms with van der Waals surface area (Å²) in [6, 6.07) is 115. The standard InChI is InChI=1S/C114H109NO2/c1-5-9-13-17-41-69-111(70-42-18-14-10-6-2)94-58-38-35-55-88(94)105-106-91-57-37-40-60-101(91)117-110(106)107-89-66-64-85(74-96(89)112(109(107)108(105)111,71-43-19-15-11-7-3)72-44-20-16-12-8-4)115(84-62-61-78-45-33-34-46-79(78)73-84)86-63-65-87-92-76-99-93(77-98(92)114(97(87)75-86,82-51-29-23-30-52-82)83-53-31-24-32-54-83)103-95(67-68-102-104(103)90-56-36-39-59-100(90)116-102)113(99,80-47-25-21-26-48-80)81-49-27-22-28-50-81/h21-40,45-68,73-77H,5-20,41-44,69-72H2,1-4H3. The van der Waals surface area contributed by atoms with Gasteiger partial charge in [-0.3, -0.25) is 0 Å². The van der Waals surface area contributed by atoms with E-state index in [0.717, 1.165) is 83.0 Å². The number of unbranched alkanes of at least 4 members (excludes halogenated alkanes) is 16. The molecule has 0 radical (unpaired) electrons. The zero-order valence-corrected chi connectivity index (χ0v) is 69.0. The van der Waals surface area contributed by atoms with Crippen LogP contribution in [0.5, 0.6) is 0 Å². The Morgan fingerprint density at radius 2 is 0.658 bits per heavy atom. The summed E-state index contributed by atoms with van der Waals surface area (Å²) in [5.74, 6) is 0. The molecule has 3 nitrogen and oxygen atoms in total. The quantitative estimate of drug-likeness (QED) is 0.0406. The van der Waals surface area contributed by atoms with Crippen LogP contribution in [0.15, 0.2) is 306 Å². The molecule has 4 aliphatic rings. The molecule has 4 aliphatic carbocycles. The van der Waals surface area contributed by atoms with Gasteiger partial charge in [0.2, 0.25) is 0 Å². The van der Waals surface area contributed by atoms with E-state index in [0.29, 0.717) is 0 Å². The van der Waals surface area contributed by atoms with E-state index in [1.807, 2.05) is 0 Å². The summed E-state index contributed by atoms with van der Waals surface area (Å²) >= 11 is 0. The number of rotatable bonds is 31. The highest BCUT2D eigenvalue weighted by Crippen LogP contribution is 2.69. The maximum atomic E-state index is 7.76. The van der Waals surface area contributed by atoms with Crippen molar-refractivity contribution in [2.75, 3.05) is 4.90 Å². The minimum absolute atomic E-state index is 0.182. The van der Waals surface area contributed by atoms with E-state index in [1.165, 1.54) is 237 Å². The number of benzene rings is 14. The van der Waals surface area contributed by atoms with Crippen molar-refractivity contribution in [2.45, 2.75) is 203 Å². The first-order chi connectivity index (χ1) is 57.9. The van der Waals surface area contributed by atoms with Crippen LogP contribution < -0.4 is 4.90 Å². The average Bonchev–Trinajstić information content (AvgIpc) is 1.50. The Morgan fingerprint density at radius 1 is 0.248 bits per heavy atom. The number of anilines is 3. The molecule has 0 saturated heterocycles. The largest absolute Gasteiger partial charge is 0.456 e. The van der Waals surface area contributed by atoms with Crippen LogP contribution in [0.25, 0.3) is 99.2 Å². The number of fused-ring (bicyclic) bond motifs is 23. The van der Waals surface area contributed by atoms with Crippen molar-refractivity contribution in [3.05, 3.63) is 364 Å². The molecule has 0 unspecified atom stereocenters. The summed E-state index contributed by atoms with van der Waals surface area (Å²) in [7, 11) is 0. The lowest BCUT2D eigenvalue weighted by Crippen LogP contribution is -2.33. The van der Waals surface area contributed by atoms with E-state index < -0.39 is 10.8 Å². The number of nitrogens with zero attached hydrogens (tertiary/aromatic N) is 1. The summed E-state index contributed by atoms with van der Waals surface area (Å²) < 4.78 is 14.7. The molecule has 2 aromatic heterocycles. The summed E-state index contributed by atoms with van der Waals surface area (Å²) in [6.45, 7) is 9.50. The molecule has 0 amide bonds. The summed E-state index contributed by atoms with van der Waals surface area (Å²) in [5.41, 5.74) is 32.3. The second-order valence-corrected chi connectivity index (χ2v) is 34.9. The van der Waals surface area contributed by atoms with Crippen LogP contribution in [0, 0.1) is 0 Å². The van der Waals surface area contributed by atoms with E-state index in [2.05, 4.69) is 330 Å². The third-order valence-corrected chi connectivity index (χ3v) is 28.3. The van der Waals surface area contributed by atoms with Gasteiger partial charge in [0.1, 0.15) is 22.3 Å². The van der Waals surface area contributed by atoms with Gasteiger partial charge in [-0.05, 0) is 209 Å². The Hall–Kier alpha value is -11.3. The highest BCUT2D eigenvalue weighted by Gasteiger charge is 2.56. The Bertz CT molecular complexity index is 6240. The molecule has 20 rings (SSSR count). The molecular formula is C114H109NO2. The van der Waals surface area contributed by atoms with Gasteiger partial charge in [0.25, 0.3) is 0 Å². The van der Waals surface area contributed by atoms with E-state index in [4.69, 9.17) is 8.83 Å². The van der Waals surface area contributed by atoms with Gasteiger partial charge in [-0.1, -0.05) is 387 Å². The third kappa shape index (κ3) is 11.9. The monoisotopic (exact) mass is 1520 g/mol. The fraction of sp³-hybridized carbons (Fsp3) is 0.281. The molecule has 0 atom stereocenters. The lowest BCUT2D eigenvalue weighted by Gasteiger charge is -2.40. The molecule has 0 aliphatic heterocycles. The predicted molar refractivity (Wildman–Crippen MR) is 494 cm³/mol. The maximum Gasteiger partial charge on any atom is 0.144 e. The van der Waals surface area contributed by atoms with Crippen molar-refractivity contribution >= 4 is 71.7 Å². The maximum absolute atomic E-state index is 7.76. The van der Waals surface area contributed by atoms with Crippen LogP contribution in [0.1, 0.15) is 249 Å². The van der Waals surface area contributed by atoms with Gasteiger partial charge in [0.05, 0.1) is 10.8 Å². The van der Waals surface area contributed by atoms with E-state index >= 15 is 0 Å². The van der Waals surface area contributed by atoms with Gasteiger partial charge in [0, 0.05) is 55.0 Å². The Balaban J connectivity index is 0.865. The van der Waals surface area contributed by atoms with Crippen LogP contribution in [0.4, 0.5) is 17.1 Å². The second kappa shape index (κ2) is 31.3. The lowest BCUT2D eigenvalue weighted by atomic mass is 9.62. The third-order valence-electron chi connectivity index (χ3n) is 28.3. The van der Waals surface area contributed by atoms with Gasteiger partial charge in [0.15, 0.2) is 0 Å². The topological polar surface area (TPSA) is 29.5 Å². The molecule has 582 valence electrons. The van der Waals surface area contributed by atoms with Crippen LogP contribution in [0.3, 0.4) is 0 Å². The first-order valence-electron chi connectivity index (χ1n) is 45.0.